The maximum atomic E-state index is 12.9. The highest BCUT2D eigenvalue weighted by molar-refractivity contribution is 6.34. The summed E-state index contributed by atoms with van der Waals surface area (Å²) in [6.45, 7) is 5.55. The van der Waals surface area contributed by atoms with Crippen LogP contribution in [-0.2, 0) is 4.79 Å². The lowest BCUT2D eigenvalue weighted by Gasteiger charge is -2.23. The molecule has 1 fully saturated rings. The van der Waals surface area contributed by atoms with Gasteiger partial charge < -0.3 is 20.9 Å². The number of carbonyl (C=O) groups is 3. The van der Waals surface area contributed by atoms with Crippen molar-refractivity contribution in [2.45, 2.75) is 64.8 Å². The molecule has 0 aromatic heterocycles. The summed E-state index contributed by atoms with van der Waals surface area (Å²) < 4.78 is 0. The van der Waals surface area contributed by atoms with E-state index in [1.807, 2.05) is 11.0 Å². The number of hydrogen-bond acceptors (Lipinski definition) is 4. The van der Waals surface area contributed by atoms with E-state index in [0.29, 0.717) is 40.6 Å². The van der Waals surface area contributed by atoms with Crippen LogP contribution in [0.5, 0.6) is 0 Å². The van der Waals surface area contributed by atoms with Crippen LogP contribution in [0.3, 0.4) is 0 Å². The molecule has 3 N–H and O–H groups in total. The van der Waals surface area contributed by atoms with Gasteiger partial charge in [-0.25, -0.2) is 0 Å². The topological polar surface area (TPSA) is 90.5 Å². The normalized spacial score (nSPS) is 13.6. The van der Waals surface area contributed by atoms with Gasteiger partial charge in [0, 0.05) is 36.1 Å². The second-order valence-corrected chi connectivity index (χ2v) is 9.68. The molecule has 194 valence electrons. The fourth-order valence-electron chi connectivity index (χ4n) is 4.47. The van der Waals surface area contributed by atoms with Crippen LogP contribution in [-0.4, -0.2) is 48.3 Å². The minimum absolute atomic E-state index is 0.00741. The Bertz CT molecular complexity index is 1050. The lowest BCUT2D eigenvalue weighted by molar-refractivity contribution is -0.114. The van der Waals surface area contributed by atoms with Crippen molar-refractivity contribution < 1.29 is 14.4 Å². The van der Waals surface area contributed by atoms with Gasteiger partial charge in [-0.3, -0.25) is 14.4 Å². The molecule has 7 nitrogen and oxygen atoms in total. The van der Waals surface area contributed by atoms with Crippen molar-refractivity contribution in [1.29, 1.82) is 0 Å². The van der Waals surface area contributed by atoms with Gasteiger partial charge in [-0.2, -0.15) is 0 Å². The molecule has 1 aliphatic carbocycles. The number of halogens is 1. The van der Waals surface area contributed by atoms with Crippen LogP contribution in [0.4, 0.5) is 11.4 Å². The highest BCUT2D eigenvalue weighted by Gasteiger charge is 2.19. The molecule has 3 amide bonds. The maximum Gasteiger partial charge on any atom is 0.253 e. The molecule has 0 unspecified atom stereocenters. The van der Waals surface area contributed by atoms with Gasteiger partial charge in [0.2, 0.25) is 5.91 Å². The lowest BCUT2D eigenvalue weighted by Crippen LogP contribution is -2.36. The van der Waals surface area contributed by atoms with E-state index in [4.69, 9.17) is 11.6 Å². The molecule has 0 spiro atoms. The van der Waals surface area contributed by atoms with Crippen molar-refractivity contribution in [3.8, 4) is 0 Å². The summed E-state index contributed by atoms with van der Waals surface area (Å²) in [5.74, 6) is -0.499. The van der Waals surface area contributed by atoms with Crippen LogP contribution >= 0.6 is 11.6 Å². The Morgan fingerprint density at radius 2 is 1.67 bits per heavy atom. The molecule has 8 heteroatoms. The van der Waals surface area contributed by atoms with E-state index in [0.717, 1.165) is 38.5 Å². The molecule has 36 heavy (non-hydrogen) atoms. The highest BCUT2D eigenvalue weighted by atomic mass is 35.5. The summed E-state index contributed by atoms with van der Waals surface area (Å²) >= 11 is 6.27. The lowest BCUT2D eigenvalue weighted by atomic mass is 9.95. The van der Waals surface area contributed by atoms with Gasteiger partial charge in [0.15, 0.2) is 0 Å². The molecule has 3 rings (SSSR count). The van der Waals surface area contributed by atoms with Crippen molar-refractivity contribution in [2.75, 3.05) is 30.3 Å². The van der Waals surface area contributed by atoms with Crippen molar-refractivity contribution in [3.63, 3.8) is 0 Å². The Balaban J connectivity index is 1.57. The van der Waals surface area contributed by atoms with E-state index >= 15 is 0 Å². The average molecular weight is 513 g/mol. The Morgan fingerprint density at radius 1 is 0.944 bits per heavy atom. The second kappa shape index (κ2) is 13.9. The number of benzene rings is 2. The number of nitrogens with zero attached hydrogens (tertiary/aromatic N) is 1. The summed E-state index contributed by atoms with van der Waals surface area (Å²) in [5, 5.41) is 9.30. The summed E-state index contributed by atoms with van der Waals surface area (Å²) in [4.78, 5) is 40.1. The van der Waals surface area contributed by atoms with E-state index < -0.39 is 0 Å². The maximum absolute atomic E-state index is 12.9. The largest absolute Gasteiger partial charge is 0.376 e. The quantitative estimate of drug-likeness (QED) is 0.359. The predicted octanol–water partition coefficient (Wildman–Crippen LogP) is 5.72. The third-order valence-electron chi connectivity index (χ3n) is 6.27. The standard InChI is InChI=1S/C28H37ClN4O3/c1-3-15-33(16-4-2)28(36)20-9-8-12-22(17-20)30-19-26(34)31-23-13-14-25(29)24(18-23)27(35)32-21-10-6-5-7-11-21/h8-9,12-14,17-18,21,30H,3-7,10-11,15-16,19H2,1-2H3,(H,31,34)(H,32,35). The van der Waals surface area contributed by atoms with Crippen molar-refractivity contribution in [3.05, 3.63) is 58.6 Å². The highest BCUT2D eigenvalue weighted by Crippen LogP contribution is 2.23. The number of anilines is 2. The Labute approximate surface area is 219 Å². The Kier molecular flexibility index (Phi) is 10.6. The van der Waals surface area contributed by atoms with Gasteiger partial charge in [0.05, 0.1) is 17.1 Å². The molecule has 1 aliphatic rings. The first-order valence-corrected chi connectivity index (χ1v) is 13.3. The second-order valence-electron chi connectivity index (χ2n) is 9.28. The van der Waals surface area contributed by atoms with E-state index in [1.54, 1.807) is 36.4 Å². The first-order chi connectivity index (χ1) is 17.4. The summed E-state index contributed by atoms with van der Waals surface area (Å²) in [6, 6.07) is 12.3. The molecule has 2 aromatic carbocycles. The number of carbonyl (C=O) groups excluding carboxylic acids is 3. The molecule has 0 radical (unpaired) electrons. The van der Waals surface area contributed by atoms with Gasteiger partial charge in [0.25, 0.3) is 11.8 Å². The fourth-order valence-corrected chi connectivity index (χ4v) is 4.68. The van der Waals surface area contributed by atoms with Crippen LogP contribution in [0.1, 0.15) is 79.5 Å². The number of nitrogens with one attached hydrogen (secondary N) is 3. The van der Waals surface area contributed by atoms with Crippen LogP contribution in [0.2, 0.25) is 5.02 Å². The molecule has 0 atom stereocenters. The zero-order valence-electron chi connectivity index (χ0n) is 21.2. The third kappa shape index (κ3) is 7.98. The molecular formula is C28H37ClN4O3. The molecule has 1 saturated carbocycles. The molecule has 0 bridgehead atoms. The predicted molar refractivity (Wildman–Crippen MR) is 146 cm³/mol. The van der Waals surface area contributed by atoms with Gasteiger partial charge in [-0.05, 0) is 62.1 Å². The Hall–Kier alpha value is -3.06. The van der Waals surface area contributed by atoms with E-state index in [9.17, 15) is 14.4 Å². The van der Waals surface area contributed by atoms with E-state index in [-0.39, 0.29) is 30.3 Å². The third-order valence-corrected chi connectivity index (χ3v) is 6.60. The van der Waals surface area contributed by atoms with Gasteiger partial charge in [-0.15, -0.1) is 0 Å². The molecule has 2 aromatic rings. The molecular weight excluding hydrogens is 476 g/mol. The van der Waals surface area contributed by atoms with Gasteiger partial charge >= 0.3 is 0 Å². The zero-order chi connectivity index (χ0) is 25.9. The smallest absolute Gasteiger partial charge is 0.253 e. The minimum Gasteiger partial charge on any atom is -0.376 e. The first-order valence-electron chi connectivity index (χ1n) is 12.9. The summed E-state index contributed by atoms with van der Waals surface area (Å²) in [7, 11) is 0. The van der Waals surface area contributed by atoms with Crippen molar-refractivity contribution in [1.82, 2.24) is 10.2 Å². The number of hydrogen-bond donors (Lipinski definition) is 3. The first kappa shape index (κ1) is 27.5. The van der Waals surface area contributed by atoms with Gasteiger partial charge in [-0.1, -0.05) is 50.8 Å². The fraction of sp³-hybridized carbons (Fsp3) is 0.464. The van der Waals surface area contributed by atoms with Crippen molar-refractivity contribution >= 4 is 40.7 Å². The molecule has 0 saturated heterocycles. The van der Waals surface area contributed by atoms with E-state index in [1.165, 1.54) is 6.42 Å². The van der Waals surface area contributed by atoms with Gasteiger partial charge in [0.1, 0.15) is 0 Å². The molecule has 0 aliphatic heterocycles. The SMILES string of the molecule is CCCN(CCC)C(=O)c1cccc(NCC(=O)Nc2ccc(Cl)c(C(=O)NC3CCCCC3)c2)c1. The number of amides is 3. The van der Waals surface area contributed by atoms with Crippen LogP contribution in [0, 0.1) is 0 Å². The summed E-state index contributed by atoms with van der Waals surface area (Å²) in [5.41, 5.74) is 2.13. The van der Waals surface area contributed by atoms with Crippen molar-refractivity contribution in [2.24, 2.45) is 0 Å². The molecule has 0 heterocycles. The van der Waals surface area contributed by atoms with E-state index in [2.05, 4.69) is 29.8 Å². The summed E-state index contributed by atoms with van der Waals surface area (Å²) in [6.07, 6.45) is 7.21. The zero-order valence-corrected chi connectivity index (χ0v) is 22.0. The number of rotatable bonds is 11. The average Bonchev–Trinajstić information content (AvgIpc) is 2.89. The Morgan fingerprint density at radius 3 is 2.36 bits per heavy atom. The van der Waals surface area contributed by atoms with Crippen LogP contribution in [0.25, 0.3) is 0 Å². The monoisotopic (exact) mass is 512 g/mol. The van der Waals surface area contributed by atoms with Crippen LogP contribution in [0.15, 0.2) is 42.5 Å². The van der Waals surface area contributed by atoms with Crippen LogP contribution < -0.4 is 16.0 Å². The minimum atomic E-state index is -0.272.